The van der Waals surface area contributed by atoms with Gasteiger partial charge in [0.15, 0.2) is 0 Å². The largest absolute Gasteiger partial charge is 0.371 e. The van der Waals surface area contributed by atoms with E-state index in [0.29, 0.717) is 0 Å². The molecular weight excluding hydrogens is 256 g/mol. The Bertz CT molecular complexity index is 409. The first-order valence-corrected chi connectivity index (χ1v) is 7.67. The molecule has 1 aliphatic rings. The zero-order valence-corrected chi connectivity index (χ0v) is 13.0. The summed E-state index contributed by atoms with van der Waals surface area (Å²) in [4.78, 5) is 2.52. The lowest BCUT2D eigenvalue weighted by Gasteiger charge is -2.36. The molecule has 1 saturated heterocycles. The Kier molecular flexibility index (Phi) is 5.12. The molecule has 1 aliphatic heterocycles. The Morgan fingerprint density at radius 2 is 2.00 bits per heavy atom. The average molecular weight is 281 g/mol. The third-order valence-corrected chi connectivity index (χ3v) is 4.47. The van der Waals surface area contributed by atoms with E-state index in [0.717, 1.165) is 23.4 Å². The van der Waals surface area contributed by atoms with Crippen molar-refractivity contribution in [2.75, 3.05) is 25.0 Å². The molecule has 0 radical (unpaired) electrons. The fourth-order valence-corrected chi connectivity index (χ4v) is 3.20. The van der Waals surface area contributed by atoms with Gasteiger partial charge in [0.25, 0.3) is 0 Å². The van der Waals surface area contributed by atoms with Crippen LogP contribution < -0.4 is 10.2 Å². The van der Waals surface area contributed by atoms with Crippen LogP contribution in [0, 0.1) is 11.8 Å². The van der Waals surface area contributed by atoms with E-state index < -0.39 is 0 Å². The molecule has 1 aromatic carbocycles. The van der Waals surface area contributed by atoms with E-state index in [1.54, 1.807) is 0 Å². The number of benzene rings is 1. The van der Waals surface area contributed by atoms with E-state index in [1.807, 2.05) is 13.1 Å². The molecule has 106 valence electrons. The van der Waals surface area contributed by atoms with Crippen LogP contribution >= 0.6 is 11.6 Å². The molecule has 2 rings (SSSR count). The Balaban J connectivity index is 2.10. The van der Waals surface area contributed by atoms with E-state index in [2.05, 4.69) is 36.2 Å². The van der Waals surface area contributed by atoms with Gasteiger partial charge >= 0.3 is 0 Å². The minimum atomic E-state index is 0.809. The van der Waals surface area contributed by atoms with Crippen LogP contribution in [0.4, 0.5) is 5.69 Å². The van der Waals surface area contributed by atoms with E-state index in [9.17, 15) is 0 Å². The molecular formula is C16H25ClN2. The Morgan fingerprint density at radius 3 is 2.58 bits per heavy atom. The van der Waals surface area contributed by atoms with E-state index in [1.165, 1.54) is 37.2 Å². The predicted octanol–water partition coefficient (Wildman–Crippen LogP) is 3.93. The molecule has 0 aromatic heterocycles. The number of anilines is 1. The first kappa shape index (κ1) is 14.7. The Morgan fingerprint density at radius 1 is 1.32 bits per heavy atom. The maximum atomic E-state index is 6.11. The summed E-state index contributed by atoms with van der Waals surface area (Å²) in [6.45, 7) is 7.90. The number of nitrogens with zero attached hydrogens (tertiary/aromatic N) is 1. The van der Waals surface area contributed by atoms with Crippen molar-refractivity contribution in [1.82, 2.24) is 5.32 Å². The normalized spacial score (nSPS) is 17.2. The van der Waals surface area contributed by atoms with Gasteiger partial charge in [0.1, 0.15) is 0 Å². The van der Waals surface area contributed by atoms with Crippen molar-refractivity contribution in [3.05, 3.63) is 28.8 Å². The van der Waals surface area contributed by atoms with Crippen LogP contribution in [0.3, 0.4) is 0 Å². The van der Waals surface area contributed by atoms with Crippen LogP contribution in [0.15, 0.2) is 18.2 Å². The summed E-state index contributed by atoms with van der Waals surface area (Å²) in [5, 5.41) is 4.06. The van der Waals surface area contributed by atoms with Gasteiger partial charge in [0, 0.05) is 30.3 Å². The summed E-state index contributed by atoms with van der Waals surface area (Å²) in [7, 11) is 1.98. The quantitative estimate of drug-likeness (QED) is 0.899. The lowest BCUT2D eigenvalue weighted by Crippen LogP contribution is -2.36. The van der Waals surface area contributed by atoms with Gasteiger partial charge in [-0.25, -0.2) is 0 Å². The summed E-state index contributed by atoms with van der Waals surface area (Å²) in [6, 6.07) is 6.26. The highest BCUT2D eigenvalue weighted by atomic mass is 35.5. The third-order valence-electron chi connectivity index (χ3n) is 4.23. The Hall–Kier alpha value is -0.730. The maximum Gasteiger partial charge on any atom is 0.0412 e. The van der Waals surface area contributed by atoms with Crippen LogP contribution in [-0.2, 0) is 6.54 Å². The van der Waals surface area contributed by atoms with Gasteiger partial charge < -0.3 is 10.2 Å². The van der Waals surface area contributed by atoms with E-state index in [-0.39, 0.29) is 0 Å². The number of rotatable bonds is 4. The zero-order valence-electron chi connectivity index (χ0n) is 12.2. The van der Waals surface area contributed by atoms with Gasteiger partial charge in [-0.05, 0) is 55.5 Å². The predicted molar refractivity (Wildman–Crippen MR) is 84.0 cm³/mol. The first-order valence-electron chi connectivity index (χ1n) is 7.29. The number of nitrogens with one attached hydrogen (secondary N) is 1. The van der Waals surface area contributed by atoms with Crippen LogP contribution in [0.25, 0.3) is 0 Å². The molecule has 3 heteroatoms. The van der Waals surface area contributed by atoms with Gasteiger partial charge in [-0.1, -0.05) is 25.4 Å². The number of halogens is 1. The molecule has 0 aliphatic carbocycles. The maximum absolute atomic E-state index is 6.11. The SMILES string of the molecule is CNCc1cc(Cl)ccc1N1CCC(C(C)C)CC1. The molecule has 0 saturated carbocycles. The summed E-state index contributed by atoms with van der Waals surface area (Å²) in [5.41, 5.74) is 2.65. The highest BCUT2D eigenvalue weighted by Crippen LogP contribution is 2.31. The summed E-state index contributed by atoms with van der Waals surface area (Å²) in [5.74, 6) is 1.69. The highest BCUT2D eigenvalue weighted by molar-refractivity contribution is 6.30. The molecule has 1 fully saturated rings. The van der Waals surface area contributed by atoms with Gasteiger partial charge in [-0.15, -0.1) is 0 Å². The third kappa shape index (κ3) is 3.64. The second-order valence-corrected chi connectivity index (χ2v) is 6.31. The van der Waals surface area contributed by atoms with Crippen molar-refractivity contribution < 1.29 is 0 Å². The van der Waals surface area contributed by atoms with Crippen LogP contribution in [0.1, 0.15) is 32.3 Å². The van der Waals surface area contributed by atoms with Crippen LogP contribution in [0.2, 0.25) is 5.02 Å². The number of piperidine rings is 1. The van der Waals surface area contributed by atoms with Crippen LogP contribution in [0.5, 0.6) is 0 Å². The van der Waals surface area contributed by atoms with Crippen molar-refractivity contribution in [1.29, 1.82) is 0 Å². The molecule has 1 aromatic rings. The lowest BCUT2D eigenvalue weighted by molar-refractivity contribution is 0.311. The summed E-state index contributed by atoms with van der Waals surface area (Å²) in [6.07, 6.45) is 2.61. The Labute approximate surface area is 122 Å². The van der Waals surface area contributed by atoms with Crippen molar-refractivity contribution in [3.8, 4) is 0 Å². The molecule has 19 heavy (non-hydrogen) atoms. The first-order chi connectivity index (χ1) is 9.11. The fraction of sp³-hybridized carbons (Fsp3) is 0.625. The minimum Gasteiger partial charge on any atom is -0.371 e. The molecule has 2 nitrogen and oxygen atoms in total. The smallest absolute Gasteiger partial charge is 0.0412 e. The summed E-state index contributed by atoms with van der Waals surface area (Å²) >= 11 is 6.11. The monoisotopic (exact) mass is 280 g/mol. The molecule has 1 heterocycles. The second-order valence-electron chi connectivity index (χ2n) is 5.87. The van der Waals surface area contributed by atoms with Crippen molar-refractivity contribution in [2.24, 2.45) is 11.8 Å². The van der Waals surface area contributed by atoms with E-state index >= 15 is 0 Å². The van der Waals surface area contributed by atoms with Crippen molar-refractivity contribution >= 4 is 17.3 Å². The second kappa shape index (κ2) is 6.62. The number of hydrogen-bond acceptors (Lipinski definition) is 2. The minimum absolute atomic E-state index is 0.809. The molecule has 1 N–H and O–H groups in total. The van der Waals surface area contributed by atoms with Gasteiger partial charge in [-0.2, -0.15) is 0 Å². The molecule has 0 unspecified atom stereocenters. The summed E-state index contributed by atoms with van der Waals surface area (Å²) < 4.78 is 0. The molecule has 0 amide bonds. The van der Waals surface area contributed by atoms with E-state index in [4.69, 9.17) is 11.6 Å². The highest BCUT2D eigenvalue weighted by Gasteiger charge is 2.22. The lowest BCUT2D eigenvalue weighted by atomic mass is 9.86. The van der Waals surface area contributed by atoms with Gasteiger partial charge in [0.05, 0.1) is 0 Å². The van der Waals surface area contributed by atoms with Gasteiger partial charge in [0.2, 0.25) is 0 Å². The number of hydrogen-bond donors (Lipinski definition) is 1. The fourth-order valence-electron chi connectivity index (χ4n) is 3.00. The van der Waals surface area contributed by atoms with Crippen LogP contribution in [-0.4, -0.2) is 20.1 Å². The standard InChI is InChI=1S/C16H25ClN2/c1-12(2)13-6-8-19(9-7-13)16-5-4-15(17)10-14(16)11-18-3/h4-5,10,12-13,18H,6-9,11H2,1-3H3. The molecule has 0 spiro atoms. The zero-order chi connectivity index (χ0) is 13.8. The van der Waals surface area contributed by atoms with Crippen molar-refractivity contribution in [3.63, 3.8) is 0 Å². The topological polar surface area (TPSA) is 15.3 Å². The molecule has 0 atom stereocenters. The van der Waals surface area contributed by atoms with Crippen molar-refractivity contribution in [2.45, 2.75) is 33.2 Å². The van der Waals surface area contributed by atoms with Gasteiger partial charge in [-0.3, -0.25) is 0 Å². The molecule has 0 bridgehead atoms. The average Bonchev–Trinajstić information content (AvgIpc) is 2.39.